The highest BCUT2D eigenvalue weighted by Gasteiger charge is 2.29. The van der Waals surface area contributed by atoms with Gasteiger partial charge in [-0.25, -0.2) is 4.39 Å². The van der Waals surface area contributed by atoms with Crippen LogP contribution >= 0.6 is 24.8 Å². The maximum atomic E-state index is 12.8. The predicted octanol–water partition coefficient (Wildman–Crippen LogP) is 1.72. The third-order valence-corrected chi connectivity index (χ3v) is 3.82. The van der Waals surface area contributed by atoms with E-state index in [1.54, 1.807) is 12.1 Å². The van der Waals surface area contributed by atoms with E-state index in [1.807, 2.05) is 7.05 Å². The van der Waals surface area contributed by atoms with Crippen molar-refractivity contribution in [1.82, 2.24) is 10.2 Å². The second-order valence-corrected chi connectivity index (χ2v) is 5.72. The van der Waals surface area contributed by atoms with Crippen LogP contribution < -0.4 is 11.1 Å². The summed E-state index contributed by atoms with van der Waals surface area (Å²) < 4.78 is 18.4. The molecule has 1 saturated heterocycles. The molecule has 24 heavy (non-hydrogen) atoms. The first-order valence-electron chi connectivity index (χ1n) is 7.64. The van der Waals surface area contributed by atoms with Gasteiger partial charge >= 0.3 is 0 Å². The molecule has 0 radical (unpaired) electrons. The number of hydrogen-bond donors (Lipinski definition) is 2. The summed E-state index contributed by atoms with van der Waals surface area (Å²) in [6, 6.07) is 6.44. The van der Waals surface area contributed by atoms with Crippen LogP contribution in [0.2, 0.25) is 0 Å². The summed E-state index contributed by atoms with van der Waals surface area (Å²) in [6.07, 6.45) is 1.23. The van der Waals surface area contributed by atoms with Crippen molar-refractivity contribution in [2.75, 3.05) is 26.7 Å². The number of carbonyl (C=O) groups is 1. The molecule has 1 heterocycles. The lowest BCUT2D eigenvalue weighted by Crippen LogP contribution is -2.39. The number of halogens is 3. The van der Waals surface area contributed by atoms with Gasteiger partial charge in [-0.1, -0.05) is 12.1 Å². The van der Waals surface area contributed by atoms with Gasteiger partial charge in [0.15, 0.2) is 0 Å². The van der Waals surface area contributed by atoms with E-state index in [9.17, 15) is 9.18 Å². The number of ether oxygens (including phenoxy) is 1. The van der Waals surface area contributed by atoms with E-state index >= 15 is 0 Å². The van der Waals surface area contributed by atoms with Crippen LogP contribution in [0.15, 0.2) is 24.3 Å². The highest BCUT2D eigenvalue weighted by Crippen LogP contribution is 2.18. The van der Waals surface area contributed by atoms with E-state index in [0.29, 0.717) is 19.6 Å². The van der Waals surface area contributed by atoms with Crippen LogP contribution in [0.25, 0.3) is 0 Å². The summed E-state index contributed by atoms with van der Waals surface area (Å²) in [6.45, 7) is 2.45. The standard InChI is InChI=1S/C16H24FN3O2.2ClH/c1-20(11-12-2-4-13(17)5-3-12)9-8-19-16(21)15-7-6-14(10-18)22-15;;/h2-5,14-15H,6-11,18H2,1H3,(H,19,21);2*1H/t14-,15+;;/m1../s1. The lowest BCUT2D eigenvalue weighted by Gasteiger charge is -2.18. The van der Waals surface area contributed by atoms with Gasteiger partial charge in [0.1, 0.15) is 11.9 Å². The minimum absolute atomic E-state index is 0. The molecule has 1 amide bonds. The van der Waals surface area contributed by atoms with Crippen LogP contribution in [0, 0.1) is 5.82 Å². The highest BCUT2D eigenvalue weighted by molar-refractivity contribution is 5.85. The van der Waals surface area contributed by atoms with Gasteiger partial charge in [0.05, 0.1) is 6.10 Å². The maximum Gasteiger partial charge on any atom is 0.249 e. The normalized spacial score (nSPS) is 19.5. The number of hydrogen-bond acceptors (Lipinski definition) is 4. The molecule has 0 saturated carbocycles. The summed E-state index contributed by atoms with van der Waals surface area (Å²) in [5.74, 6) is -0.294. The van der Waals surface area contributed by atoms with Crippen molar-refractivity contribution < 1.29 is 13.9 Å². The second kappa shape index (κ2) is 11.6. The van der Waals surface area contributed by atoms with Crippen LogP contribution in [-0.2, 0) is 16.1 Å². The number of nitrogens with one attached hydrogen (secondary N) is 1. The van der Waals surface area contributed by atoms with Crippen molar-refractivity contribution in [3.05, 3.63) is 35.6 Å². The third-order valence-electron chi connectivity index (χ3n) is 3.82. The van der Waals surface area contributed by atoms with E-state index in [-0.39, 0.29) is 48.7 Å². The van der Waals surface area contributed by atoms with E-state index < -0.39 is 0 Å². The average molecular weight is 382 g/mol. The molecular weight excluding hydrogens is 356 g/mol. The van der Waals surface area contributed by atoms with Crippen LogP contribution in [0.5, 0.6) is 0 Å². The van der Waals surface area contributed by atoms with Gasteiger partial charge in [-0.15, -0.1) is 24.8 Å². The summed E-state index contributed by atoms with van der Waals surface area (Å²) in [5, 5.41) is 2.89. The van der Waals surface area contributed by atoms with E-state index in [2.05, 4.69) is 10.2 Å². The lowest BCUT2D eigenvalue weighted by molar-refractivity contribution is -0.131. The molecular formula is C16H26Cl2FN3O2. The van der Waals surface area contributed by atoms with E-state index in [1.165, 1.54) is 12.1 Å². The van der Waals surface area contributed by atoms with Gasteiger partial charge in [0.25, 0.3) is 0 Å². The molecule has 138 valence electrons. The van der Waals surface area contributed by atoms with Gasteiger partial charge < -0.3 is 20.7 Å². The Balaban J connectivity index is 0.00000264. The lowest BCUT2D eigenvalue weighted by atomic mass is 10.2. The molecule has 0 unspecified atom stereocenters. The number of rotatable bonds is 7. The SMILES string of the molecule is CN(CCNC(=O)[C@@H]1CC[C@H](CN)O1)Cc1ccc(F)cc1.Cl.Cl. The molecule has 0 bridgehead atoms. The number of benzene rings is 1. The van der Waals surface area contributed by atoms with Gasteiger partial charge in [-0.2, -0.15) is 0 Å². The zero-order valence-corrected chi connectivity index (χ0v) is 15.4. The minimum Gasteiger partial charge on any atom is -0.364 e. The maximum absolute atomic E-state index is 12.8. The quantitative estimate of drug-likeness (QED) is 0.754. The average Bonchev–Trinajstić information content (AvgIpc) is 2.98. The Morgan fingerprint density at radius 1 is 1.33 bits per heavy atom. The molecule has 0 aliphatic carbocycles. The van der Waals surface area contributed by atoms with Gasteiger partial charge in [-0.05, 0) is 37.6 Å². The number of likely N-dealkylation sites (N-methyl/N-ethyl adjacent to an activating group) is 1. The third kappa shape index (κ3) is 7.32. The monoisotopic (exact) mass is 381 g/mol. The Kier molecular flexibility index (Phi) is 11.2. The van der Waals surface area contributed by atoms with Crippen molar-refractivity contribution in [1.29, 1.82) is 0 Å². The number of nitrogens with zero attached hydrogens (tertiary/aromatic N) is 1. The van der Waals surface area contributed by atoms with Crippen LogP contribution in [0.3, 0.4) is 0 Å². The first-order valence-corrected chi connectivity index (χ1v) is 7.64. The van der Waals surface area contributed by atoms with Crippen molar-refractivity contribution in [3.63, 3.8) is 0 Å². The smallest absolute Gasteiger partial charge is 0.249 e. The Bertz CT molecular complexity index is 491. The summed E-state index contributed by atoms with van der Waals surface area (Å²) in [4.78, 5) is 14.0. The fourth-order valence-corrected chi connectivity index (χ4v) is 2.54. The summed E-state index contributed by atoms with van der Waals surface area (Å²) in [7, 11) is 1.96. The fraction of sp³-hybridized carbons (Fsp3) is 0.562. The zero-order chi connectivity index (χ0) is 15.9. The predicted molar refractivity (Wildman–Crippen MR) is 97.2 cm³/mol. The molecule has 1 aliphatic rings. The molecule has 2 rings (SSSR count). The summed E-state index contributed by atoms with van der Waals surface area (Å²) in [5.41, 5.74) is 6.57. The molecule has 1 fully saturated rings. The number of amides is 1. The zero-order valence-electron chi connectivity index (χ0n) is 13.7. The molecule has 1 aliphatic heterocycles. The molecule has 1 aromatic rings. The summed E-state index contributed by atoms with van der Waals surface area (Å²) >= 11 is 0. The molecule has 8 heteroatoms. The Morgan fingerprint density at radius 3 is 2.58 bits per heavy atom. The molecule has 3 N–H and O–H groups in total. The molecule has 0 aromatic heterocycles. The highest BCUT2D eigenvalue weighted by atomic mass is 35.5. The second-order valence-electron chi connectivity index (χ2n) is 5.72. The Labute approximate surface area is 154 Å². The van der Waals surface area contributed by atoms with Crippen molar-refractivity contribution in [2.24, 2.45) is 5.73 Å². The number of carbonyl (C=O) groups excluding carboxylic acids is 1. The first kappa shape index (κ1) is 23.1. The largest absolute Gasteiger partial charge is 0.364 e. The van der Waals surface area contributed by atoms with Gasteiger partial charge in [0.2, 0.25) is 5.91 Å². The fourth-order valence-electron chi connectivity index (χ4n) is 2.54. The van der Waals surface area contributed by atoms with Crippen LogP contribution in [-0.4, -0.2) is 49.7 Å². The van der Waals surface area contributed by atoms with Crippen molar-refractivity contribution in [3.8, 4) is 0 Å². The van der Waals surface area contributed by atoms with Gasteiger partial charge in [-0.3, -0.25) is 4.79 Å². The minimum atomic E-state index is -0.365. The van der Waals surface area contributed by atoms with Crippen molar-refractivity contribution >= 4 is 30.7 Å². The molecule has 5 nitrogen and oxygen atoms in total. The molecule has 2 atom stereocenters. The van der Waals surface area contributed by atoms with E-state index in [4.69, 9.17) is 10.5 Å². The molecule has 0 spiro atoms. The first-order chi connectivity index (χ1) is 10.6. The Morgan fingerprint density at radius 2 is 2.00 bits per heavy atom. The topological polar surface area (TPSA) is 67.6 Å². The number of nitrogens with two attached hydrogens (primary N) is 1. The van der Waals surface area contributed by atoms with E-state index in [0.717, 1.165) is 24.9 Å². The van der Waals surface area contributed by atoms with Gasteiger partial charge in [0, 0.05) is 26.2 Å². The van der Waals surface area contributed by atoms with Crippen molar-refractivity contribution in [2.45, 2.75) is 31.6 Å². The van der Waals surface area contributed by atoms with Crippen LogP contribution in [0.4, 0.5) is 4.39 Å². The molecule has 1 aromatic carbocycles. The van der Waals surface area contributed by atoms with Crippen LogP contribution in [0.1, 0.15) is 18.4 Å². The Hall–Kier alpha value is -0.920.